The fourth-order valence-electron chi connectivity index (χ4n) is 5.34. The highest BCUT2D eigenvalue weighted by Crippen LogP contribution is 2.31. The van der Waals surface area contributed by atoms with Crippen LogP contribution in [0.4, 0.5) is 4.39 Å². The molecule has 0 aliphatic rings. The Morgan fingerprint density at radius 1 is 0.593 bits per heavy atom. The Hall–Kier alpha value is -7.23. The van der Waals surface area contributed by atoms with Gasteiger partial charge in [-0.25, -0.2) is 9.37 Å². The van der Waals surface area contributed by atoms with Gasteiger partial charge in [-0.05, 0) is 54.3 Å². The van der Waals surface area contributed by atoms with Crippen molar-refractivity contribution in [3.05, 3.63) is 126 Å². The fraction of sp³-hybridized carbons (Fsp3) is 0.158. The number of nitrogens with one attached hydrogen (secondary N) is 6. The molecule has 0 atom stereocenters. The van der Waals surface area contributed by atoms with Gasteiger partial charge in [-0.3, -0.25) is 34.4 Å². The summed E-state index contributed by atoms with van der Waals surface area (Å²) in [5, 5.41) is 35.6. The average Bonchev–Trinajstić information content (AvgIpc) is 3.90. The van der Waals surface area contributed by atoms with Crippen molar-refractivity contribution in [2.75, 3.05) is 26.2 Å². The van der Waals surface area contributed by atoms with E-state index in [1.807, 2.05) is 30.3 Å². The monoisotopic (exact) mass is 730 g/mol. The molecule has 0 bridgehead atoms. The number of aromatic hydroxyl groups is 1. The smallest absolute Gasteiger partial charge is 0.272 e. The second-order valence-electron chi connectivity index (χ2n) is 11.9. The van der Waals surface area contributed by atoms with Crippen LogP contribution in [0.5, 0.6) is 5.75 Å². The normalized spacial score (nSPS) is 10.8. The first-order chi connectivity index (χ1) is 26.3. The topological polar surface area (TPSA) is 220 Å². The first kappa shape index (κ1) is 36.6. The lowest BCUT2D eigenvalue weighted by molar-refractivity contribution is 0.0929. The molecule has 0 aliphatic carbocycles. The Labute approximate surface area is 307 Å². The summed E-state index contributed by atoms with van der Waals surface area (Å²) in [6.45, 7) is 0.999. The van der Waals surface area contributed by atoms with Crippen molar-refractivity contribution < 1.29 is 28.7 Å². The molecule has 4 amide bonds. The van der Waals surface area contributed by atoms with Gasteiger partial charge in [0.05, 0.1) is 17.0 Å². The summed E-state index contributed by atoms with van der Waals surface area (Å²) in [7, 11) is 0. The predicted molar refractivity (Wildman–Crippen MR) is 196 cm³/mol. The van der Waals surface area contributed by atoms with Crippen LogP contribution in [0.1, 0.15) is 54.7 Å². The zero-order chi connectivity index (χ0) is 37.9. The number of hydrogen-bond acceptors (Lipinski definition) is 9. The van der Waals surface area contributed by atoms with Gasteiger partial charge >= 0.3 is 0 Å². The third-order valence-electron chi connectivity index (χ3n) is 8.17. The SMILES string of the molecule is O=C(NCCCNC(=O)c1ccnc(-c2ccc(-c3cc(C(=O)NCCCNC(=O)c4ncccc4F)n[nH]3)cc2)c1O)c1cc(-c2ccccc2)[nH]n1. The standard InChI is InChI=1S/C38H35FN10O5/c39-27-9-4-15-40-33(27)38(54)45-19-6-18-44-37(53)31-22-29(47-49-31)24-10-12-25(13-11-24)32-34(50)26(14-20-41-32)35(51)42-16-5-17-43-36(52)30-21-28(46-48-30)23-7-2-1-3-8-23/h1-4,7-15,20-22,50H,5-6,16-19H2,(H,42,51)(H,43,52)(H,44,53)(H,45,54)(H,46,48)(H,47,49). The third kappa shape index (κ3) is 8.97. The third-order valence-corrected chi connectivity index (χ3v) is 8.17. The highest BCUT2D eigenvalue weighted by molar-refractivity contribution is 5.99. The number of H-pyrrole nitrogens is 2. The number of carbonyl (C=O) groups excluding carboxylic acids is 4. The molecule has 16 heteroatoms. The van der Waals surface area contributed by atoms with Crippen molar-refractivity contribution in [2.24, 2.45) is 0 Å². The van der Waals surface area contributed by atoms with Crippen LogP contribution >= 0.6 is 0 Å². The molecule has 6 rings (SSSR count). The van der Waals surface area contributed by atoms with Crippen LogP contribution in [0.25, 0.3) is 33.8 Å². The van der Waals surface area contributed by atoms with Gasteiger partial charge in [-0.15, -0.1) is 0 Å². The van der Waals surface area contributed by atoms with Gasteiger partial charge in [-0.2, -0.15) is 10.2 Å². The average molecular weight is 731 g/mol. The molecular formula is C38H35FN10O5. The Morgan fingerprint density at radius 2 is 1.13 bits per heavy atom. The quantitative estimate of drug-likeness (QED) is 0.0762. The van der Waals surface area contributed by atoms with Crippen LogP contribution in [0.15, 0.2) is 97.3 Å². The van der Waals surface area contributed by atoms with E-state index in [9.17, 15) is 28.7 Å². The predicted octanol–water partition coefficient (Wildman–Crippen LogP) is 3.87. The van der Waals surface area contributed by atoms with Gasteiger partial charge in [0.2, 0.25) is 0 Å². The molecule has 0 saturated carbocycles. The largest absolute Gasteiger partial charge is 0.505 e. The van der Waals surface area contributed by atoms with E-state index in [4.69, 9.17) is 0 Å². The number of halogens is 1. The molecule has 4 heterocycles. The van der Waals surface area contributed by atoms with Crippen molar-refractivity contribution >= 4 is 23.6 Å². The molecule has 0 spiro atoms. The number of nitrogens with zero attached hydrogens (tertiary/aromatic N) is 4. The summed E-state index contributed by atoms with van der Waals surface area (Å²) in [5.74, 6) is -2.89. The van der Waals surface area contributed by atoms with Crippen LogP contribution < -0.4 is 21.3 Å². The molecule has 6 aromatic rings. The second-order valence-corrected chi connectivity index (χ2v) is 11.9. The Kier molecular flexibility index (Phi) is 11.7. The molecule has 2 aromatic carbocycles. The minimum atomic E-state index is -0.713. The van der Waals surface area contributed by atoms with Crippen molar-refractivity contribution in [2.45, 2.75) is 12.8 Å². The molecule has 0 fully saturated rings. The van der Waals surface area contributed by atoms with Gasteiger partial charge in [0.1, 0.15) is 5.69 Å². The van der Waals surface area contributed by atoms with E-state index in [2.05, 4.69) is 51.6 Å². The van der Waals surface area contributed by atoms with Crippen LogP contribution in [-0.4, -0.2) is 85.3 Å². The van der Waals surface area contributed by atoms with E-state index in [1.165, 1.54) is 24.5 Å². The second kappa shape index (κ2) is 17.3. The molecule has 0 saturated heterocycles. The Morgan fingerprint density at radius 3 is 1.72 bits per heavy atom. The zero-order valence-corrected chi connectivity index (χ0v) is 28.7. The molecule has 0 aliphatic heterocycles. The van der Waals surface area contributed by atoms with Crippen LogP contribution in [0, 0.1) is 5.82 Å². The minimum absolute atomic E-state index is 0.0479. The number of benzene rings is 2. The van der Waals surface area contributed by atoms with E-state index in [0.717, 1.165) is 17.3 Å². The highest BCUT2D eigenvalue weighted by Gasteiger charge is 2.18. The van der Waals surface area contributed by atoms with Crippen molar-refractivity contribution in [3.8, 4) is 39.5 Å². The number of amides is 4. The van der Waals surface area contributed by atoms with Gasteiger partial charge in [0.25, 0.3) is 23.6 Å². The molecular weight excluding hydrogens is 695 g/mol. The number of carbonyl (C=O) groups is 4. The summed E-state index contributed by atoms with van der Waals surface area (Å²) in [6.07, 6.45) is 3.61. The fourth-order valence-corrected chi connectivity index (χ4v) is 5.34. The lowest BCUT2D eigenvalue weighted by Crippen LogP contribution is -2.30. The van der Waals surface area contributed by atoms with E-state index in [1.54, 1.807) is 36.4 Å². The van der Waals surface area contributed by atoms with Crippen LogP contribution in [0.3, 0.4) is 0 Å². The first-order valence-corrected chi connectivity index (χ1v) is 17.0. The number of hydrogen-bond donors (Lipinski definition) is 7. The molecule has 15 nitrogen and oxygen atoms in total. The molecule has 274 valence electrons. The van der Waals surface area contributed by atoms with Gasteiger partial charge in [0.15, 0.2) is 28.6 Å². The van der Waals surface area contributed by atoms with E-state index in [0.29, 0.717) is 36.2 Å². The van der Waals surface area contributed by atoms with Crippen molar-refractivity contribution in [1.29, 1.82) is 0 Å². The lowest BCUT2D eigenvalue weighted by Gasteiger charge is -2.10. The van der Waals surface area contributed by atoms with E-state index in [-0.39, 0.29) is 59.6 Å². The molecule has 4 aromatic heterocycles. The maximum Gasteiger partial charge on any atom is 0.272 e. The van der Waals surface area contributed by atoms with E-state index < -0.39 is 23.5 Å². The number of aromatic nitrogens is 6. The highest BCUT2D eigenvalue weighted by atomic mass is 19.1. The zero-order valence-electron chi connectivity index (χ0n) is 28.7. The summed E-state index contributed by atoms with van der Waals surface area (Å²) >= 11 is 0. The number of aromatic amines is 2. The molecule has 0 radical (unpaired) electrons. The van der Waals surface area contributed by atoms with E-state index >= 15 is 0 Å². The summed E-state index contributed by atoms with van der Waals surface area (Å²) in [4.78, 5) is 58.1. The van der Waals surface area contributed by atoms with Crippen LogP contribution in [-0.2, 0) is 0 Å². The summed E-state index contributed by atoms with van der Waals surface area (Å²) in [5.41, 5.74) is 3.85. The van der Waals surface area contributed by atoms with Gasteiger partial charge < -0.3 is 26.4 Å². The van der Waals surface area contributed by atoms with Crippen molar-refractivity contribution in [3.63, 3.8) is 0 Å². The summed E-state index contributed by atoms with van der Waals surface area (Å²) < 4.78 is 13.7. The Balaban J connectivity index is 0.946. The first-order valence-electron chi connectivity index (χ1n) is 17.0. The van der Waals surface area contributed by atoms with Crippen molar-refractivity contribution in [1.82, 2.24) is 51.6 Å². The minimum Gasteiger partial charge on any atom is -0.505 e. The van der Waals surface area contributed by atoms with Gasteiger partial charge in [-0.1, -0.05) is 54.6 Å². The maximum atomic E-state index is 13.7. The Bertz CT molecular complexity index is 2260. The number of rotatable bonds is 15. The maximum absolute atomic E-state index is 13.7. The molecule has 54 heavy (non-hydrogen) atoms. The van der Waals surface area contributed by atoms with Crippen LogP contribution in [0.2, 0.25) is 0 Å². The van der Waals surface area contributed by atoms with Gasteiger partial charge in [0, 0.05) is 44.1 Å². The lowest BCUT2D eigenvalue weighted by atomic mass is 10.0. The molecule has 0 unspecified atom stereocenters. The molecule has 7 N–H and O–H groups in total. The number of pyridine rings is 2. The summed E-state index contributed by atoms with van der Waals surface area (Å²) in [6, 6.07) is 23.7.